The highest BCUT2D eigenvalue weighted by Crippen LogP contribution is 1.84. The molecule has 1 rings (SSSR count). The number of carboxylic acids is 1. The highest BCUT2D eigenvalue weighted by atomic mass is 16.4. The Morgan fingerprint density at radius 1 is 1.50 bits per heavy atom. The lowest BCUT2D eigenvalue weighted by molar-refractivity contribution is 0.0693. The first kappa shape index (κ1) is 10.2. The summed E-state index contributed by atoms with van der Waals surface area (Å²) >= 11 is 0. The molecule has 14 heavy (non-hydrogen) atoms. The zero-order valence-corrected chi connectivity index (χ0v) is 7.06. The van der Waals surface area contributed by atoms with Crippen LogP contribution in [0.25, 0.3) is 0 Å². The zero-order chi connectivity index (χ0) is 10.7. The summed E-state index contributed by atoms with van der Waals surface area (Å²) in [5.74, 6) is -1.42. The number of carbonyl (C=O) groups is 1. The molecule has 0 aromatic carbocycles. The van der Waals surface area contributed by atoms with E-state index in [1.165, 1.54) is 0 Å². The number of aliphatic hydroxyl groups is 1. The number of aromatic nitrogens is 2. The maximum Gasteiger partial charge on any atom is 0.342 e. The molecule has 0 radical (unpaired) electrons. The van der Waals surface area contributed by atoms with Crippen molar-refractivity contribution in [3.05, 3.63) is 32.6 Å². The Balaban J connectivity index is 3.42. The Labute approximate surface area is 77.2 Å². The van der Waals surface area contributed by atoms with Crippen LogP contribution in [0.4, 0.5) is 0 Å². The van der Waals surface area contributed by atoms with Crippen molar-refractivity contribution in [2.75, 3.05) is 6.61 Å². The Kier molecular flexibility index (Phi) is 2.82. The summed E-state index contributed by atoms with van der Waals surface area (Å²) in [4.78, 5) is 34.9. The standard InChI is InChI=1S/C7H8N2O5/c10-2-1-9-5(11)4(6(12)13)3-8-7(9)14/h3,10H,1-2H2,(H,8,14)(H,12,13). The molecule has 0 amide bonds. The molecular formula is C7H8N2O5. The van der Waals surface area contributed by atoms with Crippen LogP contribution in [0.5, 0.6) is 0 Å². The largest absolute Gasteiger partial charge is 0.477 e. The highest BCUT2D eigenvalue weighted by Gasteiger charge is 2.12. The molecule has 7 nitrogen and oxygen atoms in total. The number of hydrogen-bond donors (Lipinski definition) is 3. The molecule has 0 atom stereocenters. The number of hydrogen-bond acceptors (Lipinski definition) is 4. The molecule has 1 aromatic heterocycles. The van der Waals surface area contributed by atoms with Gasteiger partial charge < -0.3 is 15.2 Å². The Morgan fingerprint density at radius 3 is 2.64 bits per heavy atom. The topological polar surface area (TPSA) is 112 Å². The molecule has 0 aliphatic rings. The van der Waals surface area contributed by atoms with E-state index in [1.807, 2.05) is 0 Å². The second-order valence-electron chi connectivity index (χ2n) is 2.49. The number of nitrogens with one attached hydrogen (secondary N) is 1. The fraction of sp³-hybridized carbons (Fsp3) is 0.286. The number of rotatable bonds is 3. The molecule has 7 heteroatoms. The lowest BCUT2D eigenvalue weighted by Crippen LogP contribution is -2.38. The molecule has 0 aliphatic carbocycles. The van der Waals surface area contributed by atoms with Gasteiger partial charge in [-0.1, -0.05) is 0 Å². The van der Waals surface area contributed by atoms with Gasteiger partial charge in [-0.05, 0) is 0 Å². The van der Waals surface area contributed by atoms with E-state index in [9.17, 15) is 14.4 Å². The molecule has 3 N–H and O–H groups in total. The van der Waals surface area contributed by atoms with Gasteiger partial charge in [-0.15, -0.1) is 0 Å². The van der Waals surface area contributed by atoms with Gasteiger partial charge in [0.1, 0.15) is 5.56 Å². The third-order valence-electron chi connectivity index (χ3n) is 1.61. The van der Waals surface area contributed by atoms with Crippen molar-refractivity contribution in [3.8, 4) is 0 Å². The van der Waals surface area contributed by atoms with Crippen molar-refractivity contribution in [3.63, 3.8) is 0 Å². The van der Waals surface area contributed by atoms with Crippen LogP contribution in [0.3, 0.4) is 0 Å². The lowest BCUT2D eigenvalue weighted by atomic mass is 10.3. The fourth-order valence-electron chi connectivity index (χ4n) is 0.967. The summed E-state index contributed by atoms with van der Waals surface area (Å²) in [5.41, 5.74) is -2.19. The molecule has 0 spiro atoms. The van der Waals surface area contributed by atoms with E-state index in [1.54, 1.807) is 0 Å². The molecule has 1 aromatic rings. The molecular weight excluding hydrogens is 192 g/mol. The first-order valence-corrected chi connectivity index (χ1v) is 3.74. The predicted octanol–water partition coefficient (Wildman–Crippen LogP) is -1.77. The maximum atomic E-state index is 11.3. The highest BCUT2D eigenvalue weighted by molar-refractivity contribution is 5.86. The third kappa shape index (κ3) is 1.72. The van der Waals surface area contributed by atoms with Crippen molar-refractivity contribution < 1.29 is 15.0 Å². The SMILES string of the molecule is O=C(O)c1c[nH]c(=O)n(CCO)c1=O. The van der Waals surface area contributed by atoms with Crippen LogP contribution < -0.4 is 11.2 Å². The van der Waals surface area contributed by atoms with Gasteiger partial charge in [0.05, 0.1) is 13.2 Å². The lowest BCUT2D eigenvalue weighted by Gasteiger charge is -2.01. The first-order chi connectivity index (χ1) is 6.57. The van der Waals surface area contributed by atoms with Crippen LogP contribution in [0.1, 0.15) is 10.4 Å². The van der Waals surface area contributed by atoms with Crippen LogP contribution in [-0.2, 0) is 6.54 Å². The normalized spacial score (nSPS) is 10.1. The monoisotopic (exact) mass is 200 g/mol. The van der Waals surface area contributed by atoms with E-state index in [2.05, 4.69) is 4.98 Å². The van der Waals surface area contributed by atoms with E-state index in [4.69, 9.17) is 10.2 Å². The molecule has 76 valence electrons. The van der Waals surface area contributed by atoms with E-state index < -0.39 is 29.4 Å². The Morgan fingerprint density at radius 2 is 2.14 bits per heavy atom. The maximum absolute atomic E-state index is 11.3. The summed E-state index contributed by atoms with van der Waals surface area (Å²) in [6.07, 6.45) is 0.834. The average Bonchev–Trinajstić information content (AvgIpc) is 2.11. The smallest absolute Gasteiger partial charge is 0.342 e. The minimum absolute atomic E-state index is 0.227. The van der Waals surface area contributed by atoms with E-state index >= 15 is 0 Å². The Hall–Kier alpha value is -1.89. The van der Waals surface area contributed by atoms with Crippen molar-refractivity contribution in [2.24, 2.45) is 0 Å². The minimum Gasteiger partial charge on any atom is -0.477 e. The molecule has 0 unspecified atom stereocenters. The van der Waals surface area contributed by atoms with E-state index in [0.29, 0.717) is 4.57 Å². The van der Waals surface area contributed by atoms with Crippen molar-refractivity contribution in [1.82, 2.24) is 9.55 Å². The van der Waals surface area contributed by atoms with E-state index in [-0.39, 0.29) is 6.54 Å². The number of aromatic amines is 1. The van der Waals surface area contributed by atoms with Gasteiger partial charge in [0, 0.05) is 6.20 Å². The van der Waals surface area contributed by atoms with Gasteiger partial charge >= 0.3 is 11.7 Å². The second-order valence-corrected chi connectivity index (χ2v) is 2.49. The van der Waals surface area contributed by atoms with Crippen molar-refractivity contribution in [1.29, 1.82) is 0 Å². The molecule has 0 saturated heterocycles. The van der Waals surface area contributed by atoms with Crippen LogP contribution in [0, 0.1) is 0 Å². The van der Waals surface area contributed by atoms with Gasteiger partial charge in [-0.2, -0.15) is 0 Å². The number of aliphatic hydroxyl groups excluding tert-OH is 1. The molecule has 0 saturated carbocycles. The molecule has 1 heterocycles. The van der Waals surface area contributed by atoms with Gasteiger partial charge in [0.15, 0.2) is 0 Å². The zero-order valence-electron chi connectivity index (χ0n) is 7.06. The van der Waals surface area contributed by atoms with Crippen LogP contribution >= 0.6 is 0 Å². The number of H-pyrrole nitrogens is 1. The third-order valence-corrected chi connectivity index (χ3v) is 1.61. The summed E-state index contributed by atoms with van der Waals surface area (Å²) in [6, 6.07) is 0. The number of nitrogens with zero attached hydrogens (tertiary/aromatic N) is 1. The van der Waals surface area contributed by atoms with Gasteiger partial charge in [0.2, 0.25) is 0 Å². The summed E-state index contributed by atoms with van der Waals surface area (Å²) < 4.78 is 0.628. The fourth-order valence-corrected chi connectivity index (χ4v) is 0.967. The summed E-state index contributed by atoms with van der Waals surface area (Å²) in [6.45, 7) is -0.638. The van der Waals surface area contributed by atoms with Crippen molar-refractivity contribution in [2.45, 2.75) is 6.54 Å². The first-order valence-electron chi connectivity index (χ1n) is 3.74. The molecule has 0 aliphatic heterocycles. The molecule has 0 fully saturated rings. The second kappa shape index (κ2) is 3.88. The quantitative estimate of drug-likeness (QED) is 0.534. The predicted molar refractivity (Wildman–Crippen MR) is 45.4 cm³/mol. The van der Waals surface area contributed by atoms with E-state index in [0.717, 1.165) is 6.20 Å². The molecule has 0 bridgehead atoms. The van der Waals surface area contributed by atoms with Crippen LogP contribution in [-0.4, -0.2) is 32.3 Å². The minimum atomic E-state index is -1.42. The number of carboxylic acid groups (broad SMARTS) is 1. The summed E-state index contributed by atoms with van der Waals surface area (Å²) in [5, 5.41) is 17.1. The Bertz CT molecular complexity index is 458. The van der Waals surface area contributed by atoms with Gasteiger partial charge in [-0.25, -0.2) is 9.59 Å². The number of aromatic carboxylic acids is 1. The van der Waals surface area contributed by atoms with Crippen LogP contribution in [0.2, 0.25) is 0 Å². The summed E-state index contributed by atoms with van der Waals surface area (Å²) in [7, 11) is 0. The van der Waals surface area contributed by atoms with Gasteiger partial charge in [-0.3, -0.25) is 9.36 Å². The van der Waals surface area contributed by atoms with Gasteiger partial charge in [0.25, 0.3) is 5.56 Å². The van der Waals surface area contributed by atoms with Crippen LogP contribution in [0.15, 0.2) is 15.8 Å². The average molecular weight is 200 g/mol. The van der Waals surface area contributed by atoms with Crippen molar-refractivity contribution >= 4 is 5.97 Å².